The fourth-order valence-corrected chi connectivity index (χ4v) is 1.18. The van der Waals surface area contributed by atoms with Gasteiger partial charge in [0.05, 0.1) is 0 Å². The Hall–Kier alpha value is -1.17. The van der Waals surface area contributed by atoms with Gasteiger partial charge in [0.1, 0.15) is 0 Å². The van der Waals surface area contributed by atoms with Crippen molar-refractivity contribution in [2.75, 3.05) is 0 Å². The van der Waals surface area contributed by atoms with E-state index in [4.69, 9.17) is 0 Å². The van der Waals surface area contributed by atoms with Crippen molar-refractivity contribution in [1.29, 1.82) is 0 Å². The van der Waals surface area contributed by atoms with Crippen molar-refractivity contribution in [3.05, 3.63) is 0 Å². The number of carbonyl (C=O) groups is 1. The van der Waals surface area contributed by atoms with Crippen molar-refractivity contribution in [3.63, 3.8) is 0 Å². The zero-order valence-electron chi connectivity index (χ0n) is 10.4. The van der Waals surface area contributed by atoms with Crippen molar-refractivity contribution in [2.24, 2.45) is 0 Å². The summed E-state index contributed by atoms with van der Waals surface area (Å²) in [7, 11) is 0. The maximum Gasteiger partial charge on any atom is 0.460 e. The highest BCUT2D eigenvalue weighted by Crippen LogP contribution is 2.54. The zero-order chi connectivity index (χ0) is 18.6. The average molecular weight is 358 g/mol. The van der Waals surface area contributed by atoms with E-state index in [1.54, 1.807) is 0 Å². The van der Waals surface area contributed by atoms with E-state index in [0.29, 0.717) is 0 Å². The molecule has 0 aromatic rings. The van der Waals surface area contributed by atoms with Crippen LogP contribution in [0.15, 0.2) is 0 Å². The Morgan fingerprint density at radius 3 is 1.09 bits per heavy atom. The van der Waals surface area contributed by atoms with E-state index in [1.165, 1.54) is 0 Å². The molecule has 0 N–H and O–H groups in total. The number of ketones is 1. The summed E-state index contributed by atoms with van der Waals surface area (Å²) in [6.07, 6.45) is -13.4. The molecule has 0 heterocycles. The quantitative estimate of drug-likeness (QED) is 0.681. The summed E-state index contributed by atoms with van der Waals surface area (Å²) in [5.41, 5.74) is -11.2. The first-order valence-corrected chi connectivity index (χ1v) is 4.97. The van der Waals surface area contributed by atoms with E-state index in [2.05, 4.69) is 0 Å². The molecule has 0 aliphatic rings. The molecule has 0 aromatic carbocycles. The Morgan fingerprint density at radius 2 is 0.864 bits per heavy atom. The number of halogens is 12. The molecule has 13 heteroatoms. The van der Waals surface area contributed by atoms with Gasteiger partial charge in [-0.1, -0.05) is 0 Å². The number of alkyl halides is 12. The van der Waals surface area contributed by atoms with Crippen molar-refractivity contribution < 1.29 is 57.5 Å². The van der Waals surface area contributed by atoms with Crippen LogP contribution in [0, 0.1) is 0 Å². The predicted molar refractivity (Wildman–Crippen MR) is 46.0 cm³/mol. The van der Waals surface area contributed by atoms with E-state index in [0.717, 1.165) is 0 Å². The highest BCUT2D eigenvalue weighted by molar-refractivity contribution is 5.96. The minimum absolute atomic E-state index is 0.783. The summed E-state index contributed by atoms with van der Waals surface area (Å²) in [5, 5.41) is 0. The normalized spacial score (nSPS) is 20.3. The zero-order valence-corrected chi connectivity index (χ0v) is 10.4. The fraction of sp³-hybridized carbons (Fsp3) is 0.889. The predicted octanol–water partition coefficient (Wildman–Crippen LogP) is 4.41. The summed E-state index contributed by atoms with van der Waals surface area (Å²) < 4.78 is 150. The number of hydrogen-bond acceptors (Lipinski definition) is 1. The molecule has 0 aliphatic heterocycles. The lowest BCUT2D eigenvalue weighted by Crippen LogP contribution is -2.68. The fourth-order valence-electron chi connectivity index (χ4n) is 1.18. The molecule has 0 bridgehead atoms. The SMILES string of the molecule is CC(F)(C(=O)C(C)(F)C(F)(F)C(F)(F)C(F)(F)F)C(F)(F)F. The van der Waals surface area contributed by atoms with Crippen LogP contribution in [-0.2, 0) is 4.79 Å². The maximum atomic E-state index is 13.5. The van der Waals surface area contributed by atoms with Crippen LogP contribution in [0.2, 0.25) is 0 Å². The summed E-state index contributed by atoms with van der Waals surface area (Å²) in [4.78, 5) is 10.9. The first kappa shape index (κ1) is 20.8. The van der Waals surface area contributed by atoms with Crippen LogP contribution < -0.4 is 0 Å². The van der Waals surface area contributed by atoms with Crippen LogP contribution in [0.1, 0.15) is 13.8 Å². The van der Waals surface area contributed by atoms with Crippen LogP contribution in [0.3, 0.4) is 0 Å². The third kappa shape index (κ3) is 2.73. The molecule has 0 rings (SSSR count). The maximum absolute atomic E-state index is 13.5. The molecular weight excluding hydrogens is 352 g/mol. The van der Waals surface area contributed by atoms with Gasteiger partial charge in [0.15, 0.2) is 0 Å². The molecule has 0 amide bonds. The highest BCUT2D eigenvalue weighted by atomic mass is 19.4. The third-order valence-corrected chi connectivity index (χ3v) is 2.73. The van der Waals surface area contributed by atoms with Gasteiger partial charge in [-0.25, -0.2) is 8.78 Å². The van der Waals surface area contributed by atoms with Gasteiger partial charge < -0.3 is 0 Å². The van der Waals surface area contributed by atoms with Gasteiger partial charge >= 0.3 is 24.2 Å². The Bertz CT molecular complexity index is 440. The Kier molecular flexibility index (Phi) is 4.65. The van der Waals surface area contributed by atoms with Gasteiger partial charge in [0.25, 0.3) is 5.67 Å². The van der Waals surface area contributed by atoms with Gasteiger partial charge in [0, 0.05) is 0 Å². The van der Waals surface area contributed by atoms with Crippen LogP contribution in [0.25, 0.3) is 0 Å². The Morgan fingerprint density at radius 1 is 0.545 bits per heavy atom. The van der Waals surface area contributed by atoms with E-state index < -0.39 is 55.2 Å². The minimum atomic E-state index is -7.22. The molecule has 0 saturated heterocycles. The van der Waals surface area contributed by atoms with Crippen molar-refractivity contribution in [1.82, 2.24) is 0 Å². The van der Waals surface area contributed by atoms with Crippen molar-refractivity contribution in [2.45, 2.75) is 49.4 Å². The standard InChI is InChI=1S/C9H6F12O/c1-4(10,3(22)5(2,11)8(16,17)18)6(12,13)7(14,15)9(19,20)21/h1-2H3. The molecule has 0 fully saturated rings. The van der Waals surface area contributed by atoms with Crippen molar-refractivity contribution >= 4 is 5.78 Å². The third-order valence-electron chi connectivity index (χ3n) is 2.73. The number of rotatable bonds is 4. The summed E-state index contributed by atoms with van der Waals surface area (Å²) in [6.45, 7) is -1.77. The molecule has 0 aliphatic carbocycles. The number of carbonyl (C=O) groups excluding carboxylic acids is 1. The second-order valence-corrected chi connectivity index (χ2v) is 4.48. The molecule has 0 saturated carbocycles. The first-order chi connectivity index (χ1) is 9.15. The smallest absolute Gasteiger partial charge is 0.292 e. The largest absolute Gasteiger partial charge is 0.460 e. The molecule has 0 radical (unpaired) electrons. The molecule has 0 spiro atoms. The first-order valence-electron chi connectivity index (χ1n) is 4.97. The lowest BCUT2D eigenvalue weighted by molar-refractivity contribution is -0.374. The molecule has 132 valence electrons. The van der Waals surface area contributed by atoms with Gasteiger partial charge in [-0.05, 0) is 13.8 Å². The van der Waals surface area contributed by atoms with Gasteiger partial charge in [-0.15, -0.1) is 0 Å². The monoisotopic (exact) mass is 358 g/mol. The van der Waals surface area contributed by atoms with E-state index >= 15 is 0 Å². The molecule has 2 atom stereocenters. The highest BCUT2D eigenvalue weighted by Gasteiger charge is 2.83. The Balaban J connectivity index is 6.10. The van der Waals surface area contributed by atoms with Crippen LogP contribution in [0.4, 0.5) is 52.7 Å². The van der Waals surface area contributed by atoms with Crippen LogP contribution in [-0.4, -0.2) is 41.3 Å². The van der Waals surface area contributed by atoms with E-state index in [-0.39, 0.29) is 0 Å². The molecule has 0 aromatic heterocycles. The lowest BCUT2D eigenvalue weighted by Gasteiger charge is -2.38. The average Bonchev–Trinajstić information content (AvgIpc) is 2.24. The van der Waals surface area contributed by atoms with Gasteiger partial charge in [-0.2, -0.15) is 43.9 Å². The molecule has 22 heavy (non-hydrogen) atoms. The van der Waals surface area contributed by atoms with Crippen LogP contribution >= 0.6 is 0 Å². The molecular formula is C9H6F12O. The minimum Gasteiger partial charge on any atom is -0.292 e. The van der Waals surface area contributed by atoms with Crippen LogP contribution in [0.5, 0.6) is 0 Å². The van der Waals surface area contributed by atoms with E-state index in [1.807, 2.05) is 0 Å². The molecule has 2 unspecified atom stereocenters. The summed E-state index contributed by atoms with van der Waals surface area (Å²) in [5.74, 6) is -18.0. The second kappa shape index (κ2) is 4.91. The topological polar surface area (TPSA) is 17.1 Å². The lowest BCUT2D eigenvalue weighted by atomic mass is 9.82. The number of hydrogen-bond donors (Lipinski definition) is 0. The summed E-state index contributed by atoms with van der Waals surface area (Å²) in [6, 6.07) is 0. The van der Waals surface area contributed by atoms with Gasteiger partial charge in [-0.3, -0.25) is 4.79 Å². The second-order valence-electron chi connectivity index (χ2n) is 4.48. The molecule has 1 nitrogen and oxygen atoms in total. The van der Waals surface area contributed by atoms with Gasteiger partial charge in [0.2, 0.25) is 11.5 Å². The van der Waals surface area contributed by atoms with E-state index in [9.17, 15) is 57.5 Å². The summed E-state index contributed by atoms with van der Waals surface area (Å²) >= 11 is 0. The Labute approximate surface area is 114 Å². The van der Waals surface area contributed by atoms with Crippen molar-refractivity contribution in [3.8, 4) is 0 Å². The number of Topliss-reactive ketones (excluding diaryl/α,β-unsaturated/α-hetero) is 1.